The fourth-order valence-electron chi connectivity index (χ4n) is 4.45. The van der Waals surface area contributed by atoms with E-state index in [0.29, 0.717) is 19.3 Å². The Kier molecular flexibility index (Phi) is 5.28. The molecule has 1 aromatic carbocycles. The third-order valence-corrected chi connectivity index (χ3v) is 5.39. The number of carboxylic acids is 1. The molecule has 23 heavy (non-hydrogen) atoms. The van der Waals surface area contributed by atoms with Crippen LogP contribution in [0.2, 0.25) is 0 Å². The number of carboxylic acid groups (broad SMARTS) is 1. The molecule has 0 heterocycles. The van der Waals surface area contributed by atoms with E-state index >= 15 is 0 Å². The smallest absolute Gasteiger partial charge is 0.307 e. The minimum Gasteiger partial charge on any atom is -0.481 e. The van der Waals surface area contributed by atoms with E-state index in [0.717, 1.165) is 41.5 Å². The molecule has 1 aromatic rings. The molecule has 1 N–H and O–H groups in total. The van der Waals surface area contributed by atoms with E-state index in [1.807, 2.05) is 39.8 Å². The molecule has 1 unspecified atom stereocenters. The number of hydrogen-bond donors (Lipinski definition) is 1. The number of ketones is 1. The summed E-state index contributed by atoms with van der Waals surface area (Å²) in [4.78, 5) is 25.4. The number of aliphatic carboxylic acids is 1. The van der Waals surface area contributed by atoms with Crippen molar-refractivity contribution >= 4 is 11.8 Å². The second kappa shape index (κ2) is 6.86. The van der Waals surface area contributed by atoms with Gasteiger partial charge in [-0.1, -0.05) is 43.9 Å². The van der Waals surface area contributed by atoms with Crippen LogP contribution in [-0.2, 0) is 4.79 Å². The van der Waals surface area contributed by atoms with Gasteiger partial charge in [-0.15, -0.1) is 0 Å². The van der Waals surface area contributed by atoms with Crippen LogP contribution in [0.5, 0.6) is 0 Å². The van der Waals surface area contributed by atoms with E-state index < -0.39 is 17.3 Å². The summed E-state index contributed by atoms with van der Waals surface area (Å²) in [7, 11) is 0. The quantitative estimate of drug-likeness (QED) is 0.763. The molecule has 1 aliphatic carbocycles. The predicted octanol–water partition coefficient (Wildman–Crippen LogP) is 4.86. The monoisotopic (exact) mass is 316 g/mol. The lowest BCUT2D eigenvalue weighted by atomic mass is 9.66. The van der Waals surface area contributed by atoms with Gasteiger partial charge in [0.05, 0.1) is 5.92 Å². The number of benzene rings is 1. The van der Waals surface area contributed by atoms with Crippen LogP contribution in [0.4, 0.5) is 0 Å². The second-order valence-electron chi connectivity index (χ2n) is 7.15. The van der Waals surface area contributed by atoms with Crippen LogP contribution in [-0.4, -0.2) is 16.9 Å². The highest BCUT2D eigenvalue weighted by atomic mass is 16.4. The number of Topliss-reactive ketones (excluding diaryl/α,β-unsaturated/α-hetero) is 1. The zero-order valence-electron chi connectivity index (χ0n) is 14.7. The fraction of sp³-hybridized carbons (Fsp3) is 0.600. The Bertz CT molecular complexity index is 586. The maximum atomic E-state index is 13.5. The average Bonchev–Trinajstić information content (AvgIpc) is 2.93. The van der Waals surface area contributed by atoms with Crippen molar-refractivity contribution in [1.29, 1.82) is 0 Å². The number of aryl methyl sites for hydroxylation is 3. The van der Waals surface area contributed by atoms with E-state index in [1.54, 1.807) is 0 Å². The normalized spacial score (nSPS) is 17.9. The van der Waals surface area contributed by atoms with Gasteiger partial charge in [-0.25, -0.2) is 0 Å². The summed E-state index contributed by atoms with van der Waals surface area (Å²) < 4.78 is 0. The van der Waals surface area contributed by atoms with E-state index in [9.17, 15) is 14.7 Å². The topological polar surface area (TPSA) is 54.4 Å². The van der Waals surface area contributed by atoms with Crippen molar-refractivity contribution in [3.05, 3.63) is 34.4 Å². The number of carbonyl (C=O) groups excluding carboxylic acids is 1. The molecule has 126 valence electrons. The van der Waals surface area contributed by atoms with Gasteiger partial charge in [-0.2, -0.15) is 0 Å². The molecule has 1 saturated carbocycles. The van der Waals surface area contributed by atoms with Crippen molar-refractivity contribution in [2.45, 2.75) is 66.2 Å². The van der Waals surface area contributed by atoms with Gasteiger partial charge < -0.3 is 5.11 Å². The summed E-state index contributed by atoms with van der Waals surface area (Å²) >= 11 is 0. The summed E-state index contributed by atoms with van der Waals surface area (Å²) in [5.74, 6) is -1.32. The standard InChI is InChI=1S/C20H28O3/c1-5-8-16(19(22)23)20(9-6-7-10-20)18(21)17-14(3)11-13(2)12-15(17)4/h11-12,16H,5-10H2,1-4H3,(H,22,23). The van der Waals surface area contributed by atoms with Gasteiger partial charge in [0, 0.05) is 11.0 Å². The Labute approximate surface area is 139 Å². The molecular weight excluding hydrogens is 288 g/mol. The molecule has 2 rings (SSSR count). The molecular formula is C20H28O3. The minimum atomic E-state index is -0.815. The molecule has 0 radical (unpaired) electrons. The Morgan fingerprint density at radius 3 is 2.09 bits per heavy atom. The first-order chi connectivity index (χ1) is 10.8. The van der Waals surface area contributed by atoms with Crippen molar-refractivity contribution in [2.24, 2.45) is 11.3 Å². The highest BCUT2D eigenvalue weighted by Crippen LogP contribution is 2.49. The number of rotatable bonds is 6. The molecule has 0 bridgehead atoms. The van der Waals surface area contributed by atoms with E-state index in [4.69, 9.17) is 0 Å². The summed E-state index contributed by atoms with van der Waals surface area (Å²) in [6.45, 7) is 7.94. The van der Waals surface area contributed by atoms with Gasteiger partial charge >= 0.3 is 5.97 Å². The van der Waals surface area contributed by atoms with Gasteiger partial charge in [0.15, 0.2) is 5.78 Å². The Morgan fingerprint density at radius 1 is 1.13 bits per heavy atom. The predicted molar refractivity (Wildman–Crippen MR) is 91.9 cm³/mol. The van der Waals surface area contributed by atoms with Crippen molar-refractivity contribution in [2.75, 3.05) is 0 Å². The van der Waals surface area contributed by atoms with E-state index in [-0.39, 0.29) is 5.78 Å². The van der Waals surface area contributed by atoms with Crippen LogP contribution in [0.25, 0.3) is 0 Å². The lowest BCUT2D eigenvalue weighted by Gasteiger charge is -2.34. The van der Waals surface area contributed by atoms with Crippen LogP contribution in [0.1, 0.15) is 72.5 Å². The summed E-state index contributed by atoms with van der Waals surface area (Å²) in [5.41, 5.74) is 3.12. The Morgan fingerprint density at radius 2 is 1.65 bits per heavy atom. The molecule has 0 aromatic heterocycles. The average molecular weight is 316 g/mol. The molecule has 0 saturated heterocycles. The van der Waals surface area contributed by atoms with E-state index in [2.05, 4.69) is 0 Å². The molecule has 3 heteroatoms. The number of carbonyl (C=O) groups is 2. The summed E-state index contributed by atoms with van der Waals surface area (Å²) in [5, 5.41) is 9.76. The van der Waals surface area contributed by atoms with Crippen LogP contribution >= 0.6 is 0 Å². The Hall–Kier alpha value is -1.64. The molecule has 0 amide bonds. The molecule has 1 aliphatic rings. The highest BCUT2D eigenvalue weighted by Gasteiger charge is 2.50. The largest absolute Gasteiger partial charge is 0.481 e. The van der Waals surface area contributed by atoms with Gasteiger partial charge in [0.25, 0.3) is 0 Å². The first-order valence-corrected chi connectivity index (χ1v) is 8.69. The lowest BCUT2D eigenvalue weighted by molar-refractivity contribution is -0.145. The molecule has 1 atom stereocenters. The van der Waals surface area contributed by atoms with Crippen LogP contribution < -0.4 is 0 Å². The van der Waals surface area contributed by atoms with Crippen LogP contribution in [0, 0.1) is 32.1 Å². The summed E-state index contributed by atoms with van der Waals surface area (Å²) in [6.07, 6.45) is 4.67. The van der Waals surface area contributed by atoms with Crippen molar-refractivity contribution in [3.63, 3.8) is 0 Å². The molecule has 3 nitrogen and oxygen atoms in total. The fourth-order valence-corrected chi connectivity index (χ4v) is 4.45. The summed E-state index contributed by atoms with van der Waals surface area (Å²) in [6, 6.07) is 4.05. The number of hydrogen-bond acceptors (Lipinski definition) is 2. The molecule has 0 spiro atoms. The van der Waals surface area contributed by atoms with Gasteiger partial charge in [0.1, 0.15) is 0 Å². The molecule has 1 fully saturated rings. The van der Waals surface area contributed by atoms with Gasteiger partial charge in [-0.3, -0.25) is 9.59 Å². The lowest BCUT2D eigenvalue weighted by Crippen LogP contribution is -2.41. The van der Waals surface area contributed by atoms with Gasteiger partial charge in [-0.05, 0) is 51.2 Å². The van der Waals surface area contributed by atoms with Crippen LogP contribution in [0.3, 0.4) is 0 Å². The highest BCUT2D eigenvalue weighted by molar-refractivity contribution is 6.05. The van der Waals surface area contributed by atoms with Crippen molar-refractivity contribution in [3.8, 4) is 0 Å². The maximum absolute atomic E-state index is 13.5. The van der Waals surface area contributed by atoms with Crippen molar-refractivity contribution < 1.29 is 14.7 Å². The molecule has 0 aliphatic heterocycles. The maximum Gasteiger partial charge on any atom is 0.307 e. The first kappa shape index (κ1) is 17.7. The first-order valence-electron chi connectivity index (χ1n) is 8.69. The third kappa shape index (κ3) is 3.19. The van der Waals surface area contributed by atoms with Crippen LogP contribution in [0.15, 0.2) is 12.1 Å². The SMILES string of the molecule is CCCC(C(=O)O)C1(C(=O)c2c(C)cc(C)cc2C)CCCC1. The zero-order valence-corrected chi connectivity index (χ0v) is 14.7. The third-order valence-electron chi connectivity index (χ3n) is 5.39. The Balaban J connectivity index is 2.54. The zero-order chi connectivity index (χ0) is 17.2. The second-order valence-corrected chi connectivity index (χ2v) is 7.15. The minimum absolute atomic E-state index is 0.0610. The van der Waals surface area contributed by atoms with E-state index in [1.165, 1.54) is 0 Å². The van der Waals surface area contributed by atoms with Crippen molar-refractivity contribution in [1.82, 2.24) is 0 Å². The van der Waals surface area contributed by atoms with Gasteiger partial charge in [0.2, 0.25) is 0 Å².